The summed E-state index contributed by atoms with van der Waals surface area (Å²) in [4.78, 5) is 32.7. The zero-order valence-corrected chi connectivity index (χ0v) is 23.8. The predicted molar refractivity (Wildman–Crippen MR) is 165 cm³/mol. The van der Waals surface area contributed by atoms with Crippen molar-refractivity contribution in [2.75, 3.05) is 17.6 Å². The van der Waals surface area contributed by atoms with E-state index in [4.69, 9.17) is 10.7 Å². The predicted octanol–water partition coefficient (Wildman–Crippen LogP) is 4.07. The van der Waals surface area contributed by atoms with E-state index >= 15 is 0 Å². The lowest BCUT2D eigenvalue weighted by atomic mass is 10.1. The van der Waals surface area contributed by atoms with Crippen LogP contribution in [0, 0.1) is 13.8 Å². The monoisotopic (exact) mass is 561 g/mol. The number of nitrogens with two attached hydrogens (primary N) is 1. The van der Waals surface area contributed by atoms with Crippen LogP contribution in [0.25, 0.3) is 34.9 Å². The molecular weight excluding hydrogens is 530 g/mol. The fraction of sp³-hybridized carbons (Fsp3) is 0.194. The van der Waals surface area contributed by atoms with Crippen LogP contribution in [0.5, 0.6) is 0 Å². The van der Waals surface area contributed by atoms with Crippen molar-refractivity contribution in [1.82, 2.24) is 34.4 Å². The number of carbonyl (C=O) groups excluding carboxylic acids is 1. The molecule has 4 N–H and O–H groups in total. The molecule has 212 valence electrons. The number of benzene rings is 2. The molecule has 0 fully saturated rings. The smallest absolute Gasteiger partial charge is 0.266 e. The Balaban J connectivity index is 1.46. The number of aromatic nitrogens is 6. The molecule has 1 atom stereocenters. The maximum Gasteiger partial charge on any atom is 0.266 e. The van der Waals surface area contributed by atoms with Crippen LogP contribution in [-0.4, -0.2) is 41.6 Å². The van der Waals surface area contributed by atoms with E-state index in [1.165, 1.54) is 4.68 Å². The molecule has 0 radical (unpaired) electrons. The molecule has 6 rings (SSSR count). The van der Waals surface area contributed by atoms with Crippen LogP contribution < -0.4 is 21.9 Å². The highest BCUT2D eigenvalue weighted by atomic mass is 16.2. The van der Waals surface area contributed by atoms with Gasteiger partial charge in [0.25, 0.3) is 11.5 Å². The number of amides is 1. The number of nitrogens with one attached hydrogen (secondary N) is 2. The van der Waals surface area contributed by atoms with Gasteiger partial charge in [-0.1, -0.05) is 42.5 Å². The van der Waals surface area contributed by atoms with Gasteiger partial charge in [-0.2, -0.15) is 5.10 Å². The van der Waals surface area contributed by atoms with E-state index in [1.807, 2.05) is 92.3 Å². The maximum atomic E-state index is 14.3. The number of para-hydroxylation sites is 1. The number of rotatable bonds is 6. The Morgan fingerprint density at radius 3 is 2.62 bits per heavy atom. The van der Waals surface area contributed by atoms with E-state index in [-0.39, 0.29) is 16.9 Å². The van der Waals surface area contributed by atoms with Crippen LogP contribution in [0.3, 0.4) is 0 Å². The summed E-state index contributed by atoms with van der Waals surface area (Å²) < 4.78 is 4.93. The van der Waals surface area contributed by atoms with Gasteiger partial charge in [0.05, 0.1) is 28.3 Å². The summed E-state index contributed by atoms with van der Waals surface area (Å²) in [6.07, 6.45) is 7.54. The van der Waals surface area contributed by atoms with E-state index < -0.39 is 11.9 Å². The number of fused-ring (bicyclic) bond motifs is 2. The second kappa shape index (κ2) is 10.5. The minimum Gasteiger partial charge on any atom is -0.381 e. The van der Waals surface area contributed by atoms with Crippen LogP contribution >= 0.6 is 0 Å². The van der Waals surface area contributed by atoms with Crippen molar-refractivity contribution in [3.8, 4) is 5.69 Å². The third-order valence-electron chi connectivity index (χ3n) is 7.50. The maximum absolute atomic E-state index is 14.3. The summed E-state index contributed by atoms with van der Waals surface area (Å²) in [6, 6.07) is 14.2. The third-order valence-corrected chi connectivity index (χ3v) is 7.50. The number of nitrogen functional groups attached to an aromatic ring is 1. The number of carbonyl (C=O) groups is 1. The molecule has 42 heavy (non-hydrogen) atoms. The van der Waals surface area contributed by atoms with Crippen molar-refractivity contribution in [3.05, 3.63) is 98.9 Å². The number of nitrogens with zero attached hydrogens (tertiary/aromatic N) is 6. The first-order valence-electron chi connectivity index (χ1n) is 13.6. The molecule has 0 bridgehead atoms. The summed E-state index contributed by atoms with van der Waals surface area (Å²) in [5.74, 6) is 0.592. The van der Waals surface area contributed by atoms with Crippen molar-refractivity contribution in [2.24, 2.45) is 7.05 Å². The van der Waals surface area contributed by atoms with Gasteiger partial charge in [-0.25, -0.2) is 9.67 Å². The first-order valence-corrected chi connectivity index (χ1v) is 13.6. The number of hydrogen-bond acceptors (Lipinski definition) is 7. The van der Waals surface area contributed by atoms with Gasteiger partial charge >= 0.3 is 0 Å². The van der Waals surface area contributed by atoms with E-state index in [1.54, 1.807) is 17.7 Å². The van der Waals surface area contributed by atoms with E-state index in [9.17, 15) is 9.59 Å². The summed E-state index contributed by atoms with van der Waals surface area (Å²) in [5.41, 5.74) is 11.0. The first-order chi connectivity index (χ1) is 20.2. The molecule has 0 saturated heterocycles. The number of anilines is 2. The molecule has 1 amide bonds. The van der Waals surface area contributed by atoms with Gasteiger partial charge in [0.15, 0.2) is 5.82 Å². The quantitative estimate of drug-likeness (QED) is 0.284. The summed E-state index contributed by atoms with van der Waals surface area (Å²) >= 11 is 0. The Morgan fingerprint density at radius 2 is 1.88 bits per heavy atom. The minimum atomic E-state index is -0.649. The Morgan fingerprint density at radius 1 is 1.10 bits per heavy atom. The highest BCUT2D eigenvalue weighted by molar-refractivity contribution is 6.04. The number of hydrogen-bond donors (Lipinski definition) is 3. The molecular formula is C31H31N9O2. The summed E-state index contributed by atoms with van der Waals surface area (Å²) in [7, 11) is 1.91. The minimum absolute atomic E-state index is 0.108. The zero-order chi connectivity index (χ0) is 29.5. The standard InChI is InChI=1S/C31H31N9O2/c1-18-23(20(3)38(4)36-18)15-14-21-10-8-13-24-25(21)31(42)40(22-11-6-5-7-12-22)28(35-24)19(2)34-30(41)26-27(32)37-39-17-9-16-33-29(26)39/h5-15,17,19,33H,16H2,1-4H3,(H2,32,37)(H,34,41)/b15-14+. The third kappa shape index (κ3) is 4.54. The van der Waals surface area contributed by atoms with Crippen molar-refractivity contribution >= 4 is 46.8 Å². The lowest BCUT2D eigenvalue weighted by Gasteiger charge is -2.20. The molecule has 11 nitrogen and oxygen atoms in total. The molecule has 1 aliphatic heterocycles. The van der Waals surface area contributed by atoms with Gasteiger partial charge in [-0.05, 0) is 50.6 Å². The lowest BCUT2D eigenvalue weighted by Crippen LogP contribution is -2.34. The van der Waals surface area contributed by atoms with E-state index in [0.717, 1.165) is 22.5 Å². The topological polar surface area (TPSA) is 138 Å². The van der Waals surface area contributed by atoms with Gasteiger partial charge < -0.3 is 16.4 Å². The molecule has 2 aromatic carbocycles. The summed E-state index contributed by atoms with van der Waals surface area (Å²) in [6.45, 7) is 6.32. The Labute approximate surface area is 242 Å². The van der Waals surface area contributed by atoms with Crippen molar-refractivity contribution in [3.63, 3.8) is 0 Å². The van der Waals surface area contributed by atoms with Gasteiger partial charge in [0, 0.05) is 31.0 Å². The van der Waals surface area contributed by atoms with Crippen molar-refractivity contribution in [1.29, 1.82) is 0 Å². The van der Waals surface area contributed by atoms with E-state index in [2.05, 4.69) is 20.8 Å². The fourth-order valence-corrected chi connectivity index (χ4v) is 5.33. The van der Waals surface area contributed by atoms with E-state index in [0.29, 0.717) is 34.8 Å². The Hall–Kier alpha value is -5.45. The van der Waals surface area contributed by atoms with Gasteiger partial charge in [0.2, 0.25) is 0 Å². The molecule has 0 saturated carbocycles. The highest BCUT2D eigenvalue weighted by Gasteiger charge is 2.26. The molecule has 0 spiro atoms. The zero-order valence-electron chi connectivity index (χ0n) is 23.8. The second-order valence-electron chi connectivity index (χ2n) is 10.2. The molecule has 1 aliphatic rings. The average molecular weight is 562 g/mol. The van der Waals surface area contributed by atoms with Crippen LogP contribution in [0.15, 0.2) is 59.4 Å². The normalized spacial score (nSPS) is 13.3. The second-order valence-corrected chi connectivity index (χ2v) is 10.2. The van der Waals surface area contributed by atoms with Gasteiger partial charge in [0.1, 0.15) is 17.2 Å². The number of aryl methyl sites for hydroxylation is 2. The molecule has 1 unspecified atom stereocenters. The summed E-state index contributed by atoms with van der Waals surface area (Å²) in [5, 5.41) is 15.3. The van der Waals surface area contributed by atoms with Gasteiger partial charge in [-0.3, -0.25) is 18.8 Å². The molecule has 0 aliphatic carbocycles. The molecule has 11 heteroatoms. The molecule has 3 aromatic heterocycles. The fourth-order valence-electron chi connectivity index (χ4n) is 5.33. The molecule has 4 heterocycles. The van der Waals surface area contributed by atoms with Crippen molar-refractivity contribution in [2.45, 2.75) is 26.8 Å². The van der Waals surface area contributed by atoms with Crippen molar-refractivity contribution < 1.29 is 4.79 Å². The van der Waals surface area contributed by atoms with Crippen LogP contribution in [-0.2, 0) is 7.05 Å². The van der Waals surface area contributed by atoms with Crippen LogP contribution in [0.4, 0.5) is 11.6 Å². The highest BCUT2D eigenvalue weighted by Crippen LogP contribution is 2.27. The SMILES string of the molecule is Cc1nn(C)c(C)c1/C=C/c1cccc2nc(C(C)NC(=O)c3c(N)nn4c3NCC=C4)n(-c3ccccc3)c(=O)c12. The van der Waals surface area contributed by atoms with Crippen LogP contribution in [0.1, 0.15) is 51.7 Å². The van der Waals surface area contributed by atoms with Crippen LogP contribution in [0.2, 0.25) is 0 Å². The Kier molecular flexibility index (Phi) is 6.69. The lowest BCUT2D eigenvalue weighted by molar-refractivity contribution is 0.0939. The Bertz CT molecular complexity index is 1960. The van der Waals surface area contributed by atoms with Gasteiger partial charge in [-0.15, -0.1) is 5.10 Å². The average Bonchev–Trinajstić information content (AvgIpc) is 3.44. The largest absolute Gasteiger partial charge is 0.381 e. The first kappa shape index (κ1) is 26.8. The molecule has 5 aromatic rings.